The molecule has 3 nitrogen and oxygen atoms in total. The summed E-state index contributed by atoms with van der Waals surface area (Å²) in [6.45, 7) is 13.0. The van der Waals surface area contributed by atoms with Gasteiger partial charge in [0, 0.05) is 5.41 Å². The average molecular weight is 662 g/mol. The molecule has 1 saturated heterocycles. The number of hydrogen-bond acceptors (Lipinski definition) is 3. The Hall–Kier alpha value is -5.21. The summed E-state index contributed by atoms with van der Waals surface area (Å²) in [6.07, 6.45) is 0. The predicted octanol–water partition coefficient (Wildman–Crippen LogP) is 10.2. The van der Waals surface area contributed by atoms with Gasteiger partial charge < -0.3 is 9.31 Å². The zero-order valence-corrected chi connectivity index (χ0v) is 30.0. The van der Waals surface area contributed by atoms with Crippen LogP contribution in [-0.2, 0) is 20.1 Å². The number of nitrogens with zero attached hydrogens (tertiary/aromatic N) is 1. The summed E-state index contributed by atoms with van der Waals surface area (Å²) < 4.78 is 13.2. The van der Waals surface area contributed by atoms with E-state index in [-0.39, 0.29) is 5.41 Å². The second kappa shape index (κ2) is 10.9. The van der Waals surface area contributed by atoms with Gasteiger partial charge in [0.1, 0.15) is 0 Å². The first-order valence-corrected chi connectivity index (χ1v) is 17.9. The number of fused-ring (bicyclic) bond motifs is 6. The Kier molecular flexibility index (Phi) is 6.78. The fourth-order valence-electron chi connectivity index (χ4n) is 8.80. The van der Waals surface area contributed by atoms with Crippen LogP contribution >= 0.6 is 0 Å². The van der Waals surface area contributed by atoms with Crippen molar-refractivity contribution in [2.24, 2.45) is 0 Å². The molecule has 2 aliphatic carbocycles. The zero-order valence-electron chi connectivity index (χ0n) is 30.0. The second-order valence-electron chi connectivity index (χ2n) is 15.9. The van der Waals surface area contributed by atoms with Crippen LogP contribution in [0.5, 0.6) is 0 Å². The van der Waals surface area contributed by atoms with Gasteiger partial charge in [-0.15, -0.1) is 0 Å². The molecule has 248 valence electrons. The van der Waals surface area contributed by atoms with Crippen molar-refractivity contribution >= 4 is 12.6 Å². The molecule has 0 spiro atoms. The van der Waals surface area contributed by atoms with Crippen molar-refractivity contribution in [2.45, 2.75) is 63.6 Å². The molecular weight excluding hydrogens is 621 g/mol. The summed E-state index contributed by atoms with van der Waals surface area (Å²) >= 11 is 0. The van der Waals surface area contributed by atoms with Gasteiger partial charge >= 0.3 is 7.12 Å². The van der Waals surface area contributed by atoms with Crippen LogP contribution in [-0.4, -0.2) is 18.3 Å². The molecule has 4 heteroatoms. The van der Waals surface area contributed by atoms with Gasteiger partial charge in [-0.3, -0.25) is 0 Å². The number of hydrogen-bond donors (Lipinski definition) is 0. The van der Waals surface area contributed by atoms with Crippen molar-refractivity contribution in [1.29, 1.82) is 5.26 Å². The Balaban J connectivity index is 1.25. The first-order valence-electron chi connectivity index (χ1n) is 17.9. The molecule has 51 heavy (non-hydrogen) atoms. The molecule has 9 rings (SSSR count). The standard InChI is InChI=1S/C47H40BNO2/c1-44(2)40-25-30(29-49)17-21-36(40)37-22-18-31(26-41(37)44)32-19-23-38-39-24-20-35(48-50-45(3,4)46(5,6)51-48)28-43(39)47(42(38)27-32,33-13-9-7-10-14-33)34-15-11-8-12-16-34/h7-28H,1-6H3. The lowest BCUT2D eigenvalue weighted by Crippen LogP contribution is -2.41. The van der Waals surface area contributed by atoms with Crippen molar-refractivity contribution < 1.29 is 9.31 Å². The van der Waals surface area contributed by atoms with E-state index >= 15 is 0 Å². The molecule has 0 bridgehead atoms. The van der Waals surface area contributed by atoms with Crippen LogP contribution in [0.4, 0.5) is 0 Å². The molecule has 0 amide bonds. The molecule has 1 heterocycles. The van der Waals surface area contributed by atoms with Gasteiger partial charge in [-0.25, -0.2) is 0 Å². The monoisotopic (exact) mass is 661 g/mol. The predicted molar refractivity (Wildman–Crippen MR) is 207 cm³/mol. The number of nitriles is 1. The Labute approximate surface area is 301 Å². The van der Waals surface area contributed by atoms with Gasteiger partial charge in [-0.1, -0.05) is 123 Å². The van der Waals surface area contributed by atoms with E-state index in [1.165, 1.54) is 66.8 Å². The normalized spacial score (nSPS) is 18.0. The quantitative estimate of drug-likeness (QED) is 0.176. The lowest BCUT2D eigenvalue weighted by molar-refractivity contribution is 0.00578. The highest BCUT2D eigenvalue weighted by Crippen LogP contribution is 2.57. The molecule has 0 saturated carbocycles. The third-order valence-electron chi connectivity index (χ3n) is 12.2. The average Bonchev–Trinajstić information content (AvgIpc) is 3.65. The Morgan fingerprint density at radius 1 is 0.490 bits per heavy atom. The molecule has 0 radical (unpaired) electrons. The Morgan fingerprint density at radius 2 is 0.941 bits per heavy atom. The maximum atomic E-state index is 9.65. The molecule has 1 fully saturated rings. The van der Waals surface area contributed by atoms with Crippen LogP contribution in [0.2, 0.25) is 0 Å². The van der Waals surface area contributed by atoms with Crippen LogP contribution < -0.4 is 5.46 Å². The first-order chi connectivity index (χ1) is 24.5. The van der Waals surface area contributed by atoms with E-state index in [1.54, 1.807) is 0 Å². The van der Waals surface area contributed by atoms with Crippen LogP contribution in [0, 0.1) is 11.3 Å². The first kappa shape index (κ1) is 31.8. The van der Waals surface area contributed by atoms with Gasteiger partial charge in [-0.05, 0) is 124 Å². The summed E-state index contributed by atoms with van der Waals surface area (Å²) in [7, 11) is -0.466. The van der Waals surface area contributed by atoms with E-state index in [1.807, 2.05) is 6.07 Å². The van der Waals surface area contributed by atoms with E-state index < -0.39 is 23.7 Å². The Morgan fingerprint density at radius 3 is 1.49 bits per heavy atom. The van der Waals surface area contributed by atoms with Crippen LogP contribution in [0.25, 0.3) is 33.4 Å². The summed E-state index contributed by atoms with van der Waals surface area (Å²) in [5.41, 5.74) is 14.8. The third kappa shape index (κ3) is 4.45. The van der Waals surface area contributed by atoms with Crippen LogP contribution in [0.1, 0.15) is 80.5 Å². The van der Waals surface area contributed by atoms with Crippen molar-refractivity contribution in [3.8, 4) is 39.4 Å². The van der Waals surface area contributed by atoms with E-state index in [4.69, 9.17) is 9.31 Å². The van der Waals surface area contributed by atoms with Crippen molar-refractivity contribution in [3.63, 3.8) is 0 Å². The van der Waals surface area contributed by atoms with E-state index in [0.29, 0.717) is 5.56 Å². The van der Waals surface area contributed by atoms with Crippen molar-refractivity contribution in [2.75, 3.05) is 0 Å². The van der Waals surface area contributed by atoms with Gasteiger partial charge in [0.2, 0.25) is 0 Å². The fraction of sp³-hybridized carbons (Fsp3) is 0.213. The smallest absolute Gasteiger partial charge is 0.399 e. The minimum atomic E-state index is -0.567. The van der Waals surface area contributed by atoms with Gasteiger partial charge in [0.25, 0.3) is 0 Å². The molecule has 6 aromatic carbocycles. The summed E-state index contributed by atoms with van der Waals surface area (Å²) in [5, 5.41) is 9.65. The maximum absolute atomic E-state index is 9.65. The van der Waals surface area contributed by atoms with Gasteiger partial charge in [0.15, 0.2) is 0 Å². The molecule has 1 aliphatic heterocycles. The summed E-state index contributed by atoms with van der Waals surface area (Å²) in [4.78, 5) is 0. The lowest BCUT2D eigenvalue weighted by Gasteiger charge is -2.34. The molecular formula is C47H40BNO2. The second-order valence-corrected chi connectivity index (χ2v) is 15.9. The zero-order chi connectivity index (χ0) is 35.3. The molecule has 6 aromatic rings. The number of rotatable bonds is 4. The molecule has 0 aromatic heterocycles. The third-order valence-corrected chi connectivity index (χ3v) is 12.2. The highest BCUT2D eigenvalue weighted by atomic mass is 16.7. The van der Waals surface area contributed by atoms with Crippen LogP contribution in [0.3, 0.4) is 0 Å². The molecule has 3 aliphatic rings. The Bertz CT molecular complexity index is 2360. The number of benzene rings is 6. The van der Waals surface area contributed by atoms with Gasteiger partial charge in [0.05, 0.1) is 28.2 Å². The minimum Gasteiger partial charge on any atom is -0.399 e. The van der Waals surface area contributed by atoms with E-state index in [9.17, 15) is 5.26 Å². The largest absolute Gasteiger partial charge is 0.494 e. The van der Waals surface area contributed by atoms with Gasteiger partial charge in [-0.2, -0.15) is 5.26 Å². The summed E-state index contributed by atoms with van der Waals surface area (Å²) in [6, 6.07) is 51.0. The lowest BCUT2D eigenvalue weighted by atomic mass is 9.66. The van der Waals surface area contributed by atoms with E-state index in [2.05, 4.69) is 175 Å². The van der Waals surface area contributed by atoms with E-state index in [0.717, 1.165) is 5.46 Å². The fourth-order valence-corrected chi connectivity index (χ4v) is 8.80. The minimum absolute atomic E-state index is 0.220. The summed E-state index contributed by atoms with van der Waals surface area (Å²) in [5.74, 6) is 0. The molecule has 0 atom stereocenters. The highest BCUT2D eigenvalue weighted by Gasteiger charge is 2.53. The molecule has 0 unspecified atom stereocenters. The van der Waals surface area contributed by atoms with Crippen LogP contribution in [0.15, 0.2) is 133 Å². The van der Waals surface area contributed by atoms with Crippen molar-refractivity contribution in [3.05, 3.63) is 172 Å². The maximum Gasteiger partial charge on any atom is 0.494 e. The topological polar surface area (TPSA) is 42.2 Å². The SMILES string of the molecule is CC1(C)c2cc(C#N)ccc2-c2ccc(-c3ccc4c(c3)C(c3ccccc3)(c3ccccc3)c3cc(B5OC(C)(C)C(C)(C)O5)ccc3-4)cc21. The van der Waals surface area contributed by atoms with Crippen molar-refractivity contribution in [1.82, 2.24) is 0 Å². The molecule has 0 N–H and O–H groups in total. The highest BCUT2D eigenvalue weighted by molar-refractivity contribution is 6.62.